The zero-order chi connectivity index (χ0) is 50.6. The number of amides is 6. The Kier molecular flexibility index (Phi) is 26.6. The van der Waals surface area contributed by atoms with Crippen molar-refractivity contribution >= 4 is 86.7 Å². The molecule has 0 bridgehead atoms. The van der Waals surface area contributed by atoms with Crippen molar-refractivity contribution in [2.45, 2.75) is 88.4 Å². The van der Waals surface area contributed by atoms with Crippen LogP contribution in [-0.2, 0) is 60.8 Å². The number of aliphatic carboxylic acids is 4. The molecular weight excluding hydrogens is 931 g/mol. The Balaban J connectivity index is 2.11. The molecule has 0 fully saturated rings. The molecule has 6 atom stereocenters. The molecule has 0 aliphatic rings. The van der Waals surface area contributed by atoms with Gasteiger partial charge in [-0.05, 0) is 43.1 Å². The summed E-state index contributed by atoms with van der Waals surface area (Å²) in [6, 6.07) is 10.8. The minimum Gasteiger partial charge on any atom is -0.481 e. The average molecular weight is 990 g/mol. The molecule has 12 N–H and O–H groups in total. The number of ketones is 2. The lowest BCUT2D eigenvalue weighted by molar-refractivity contribution is -0.144. The quantitative estimate of drug-likeness (QED) is 0.0336. The summed E-state index contributed by atoms with van der Waals surface area (Å²) in [4.78, 5) is 137. The Labute approximate surface area is 399 Å². The van der Waals surface area contributed by atoms with Crippen LogP contribution in [0.4, 0.5) is 4.79 Å². The molecule has 0 unspecified atom stereocenters. The van der Waals surface area contributed by atoms with E-state index in [1.165, 1.54) is 21.6 Å². The second-order valence-electron chi connectivity index (χ2n) is 15.5. The Morgan fingerprint density at radius 1 is 0.574 bits per heavy atom. The van der Waals surface area contributed by atoms with Gasteiger partial charge in [-0.1, -0.05) is 82.3 Å². The molecule has 22 nitrogen and oxygen atoms in total. The van der Waals surface area contributed by atoms with E-state index in [2.05, 4.69) is 31.9 Å². The number of carbonyl (C=O) groups is 11. The van der Waals surface area contributed by atoms with Gasteiger partial charge in [-0.15, -0.1) is 0 Å². The van der Waals surface area contributed by atoms with Crippen molar-refractivity contribution < 1.29 is 73.2 Å². The minimum absolute atomic E-state index is 0.0165. The summed E-state index contributed by atoms with van der Waals surface area (Å²) >= 11 is 0. The summed E-state index contributed by atoms with van der Waals surface area (Å²) in [5, 5.41) is 51.7. The van der Waals surface area contributed by atoms with Gasteiger partial charge in [-0.25, -0.2) is 9.59 Å². The second-order valence-corrected chi connectivity index (χ2v) is 18.1. The number of benzene rings is 2. The molecule has 2 aromatic rings. The molecule has 0 radical (unpaired) electrons. The molecule has 0 aliphatic heterocycles. The normalized spacial score (nSPS) is 13.4. The second kappa shape index (κ2) is 31.4. The molecule has 2 rings (SSSR count). The van der Waals surface area contributed by atoms with E-state index >= 15 is 0 Å². The number of nitrogens with two attached hydrogens (primary N) is 1. The number of carboxylic acid groups (broad SMARTS) is 4. The topological polar surface area (TPSA) is 367 Å². The van der Waals surface area contributed by atoms with Crippen LogP contribution in [0.1, 0.15) is 62.5 Å². The van der Waals surface area contributed by atoms with Crippen molar-refractivity contribution in [3.05, 3.63) is 71.8 Å². The van der Waals surface area contributed by atoms with Gasteiger partial charge in [-0.2, -0.15) is 0 Å². The van der Waals surface area contributed by atoms with Crippen LogP contribution < -0.4 is 37.6 Å². The fraction of sp³-hybridized carbons (Fsp3) is 0.477. The minimum atomic E-state index is -1.61. The van der Waals surface area contributed by atoms with E-state index in [9.17, 15) is 68.1 Å². The first-order valence-corrected chi connectivity index (χ1v) is 24.1. The van der Waals surface area contributed by atoms with E-state index in [0.717, 1.165) is 0 Å². The lowest BCUT2D eigenvalue weighted by atomic mass is 9.89. The predicted octanol–water partition coefficient (Wildman–Crippen LogP) is 0.510. The van der Waals surface area contributed by atoms with Gasteiger partial charge in [-0.3, -0.25) is 43.2 Å². The van der Waals surface area contributed by atoms with E-state index in [0.29, 0.717) is 11.1 Å². The maximum absolute atomic E-state index is 14.1. The van der Waals surface area contributed by atoms with Gasteiger partial charge in [0.15, 0.2) is 11.6 Å². The number of nitrogens with one attached hydrogen (secondary N) is 6. The van der Waals surface area contributed by atoms with Crippen molar-refractivity contribution in [1.82, 2.24) is 31.9 Å². The molecule has 0 spiro atoms. The Hall–Kier alpha value is -6.53. The fourth-order valence-electron chi connectivity index (χ4n) is 6.39. The number of hydrogen-bond donors (Lipinski definition) is 11. The smallest absolute Gasteiger partial charge is 0.326 e. The van der Waals surface area contributed by atoms with Gasteiger partial charge in [0.05, 0.1) is 24.4 Å². The highest BCUT2D eigenvalue weighted by atomic mass is 33.1. The van der Waals surface area contributed by atoms with Gasteiger partial charge in [0.1, 0.15) is 12.1 Å². The first kappa shape index (κ1) is 57.6. The lowest BCUT2D eigenvalue weighted by Crippen LogP contribution is -2.53. The Bertz CT molecular complexity index is 2050. The van der Waals surface area contributed by atoms with Crippen molar-refractivity contribution in [2.24, 2.45) is 17.6 Å². The number of hydrogen-bond acceptors (Lipinski definition) is 14. The standard InChI is InChI=1S/C44H59N7O15S2/c1-67-68-25-29(42(62)63)22-35(53)33(23-39(58)59)50-41(61)30(45)24-48-40(60)28(19-26-9-4-2-5-10-26)21-34(52)32(20-27-11-6-3-7-12-27)49-37(55)16-18-46-36(54)15-14-31(43(64)65)51-44(66)47-17-8-13-38(56)57/h2-7,9-12,28-33H,8,13-25,45H2,1H3,(H,46,54)(H,48,60)(H,49,55)(H,50,61)(H,56,57)(H,58,59)(H,62,63)(H,64,65)(H2,47,51,66)/t28-,29-,30+,31+,32+,33+/m1/s1. The third-order valence-corrected chi connectivity index (χ3v) is 11.9. The van der Waals surface area contributed by atoms with Crippen LogP contribution in [0, 0.1) is 11.8 Å². The van der Waals surface area contributed by atoms with Crippen LogP contribution in [0.2, 0.25) is 0 Å². The van der Waals surface area contributed by atoms with Crippen molar-refractivity contribution in [2.75, 3.05) is 31.6 Å². The SMILES string of the molecule is CSSC[C@@H](CC(=O)[C@H](CC(=O)O)NC(=O)[C@@H](N)CNC(=O)[C@@H](CC(=O)[C@H](Cc1ccccc1)NC(=O)CCNC(=O)CC[C@H](NC(=O)NCCCC(=O)O)C(=O)O)Cc1ccccc1)C(=O)O. The molecule has 2 aromatic carbocycles. The molecule has 0 aliphatic carbocycles. The highest BCUT2D eigenvalue weighted by Crippen LogP contribution is 2.23. The zero-order valence-corrected chi connectivity index (χ0v) is 38.9. The summed E-state index contributed by atoms with van der Waals surface area (Å²) in [5.41, 5.74) is 7.41. The first-order chi connectivity index (χ1) is 32.3. The summed E-state index contributed by atoms with van der Waals surface area (Å²) < 4.78 is 0. The summed E-state index contributed by atoms with van der Waals surface area (Å²) in [5.74, 6) is -11.6. The summed E-state index contributed by atoms with van der Waals surface area (Å²) in [7, 11) is 2.48. The van der Waals surface area contributed by atoms with E-state index < -0.39 is 127 Å². The van der Waals surface area contributed by atoms with Crippen LogP contribution in [0.25, 0.3) is 0 Å². The molecule has 0 saturated carbocycles. The van der Waals surface area contributed by atoms with Crippen LogP contribution >= 0.6 is 21.6 Å². The number of urea groups is 1. The molecule has 0 aromatic heterocycles. The highest BCUT2D eigenvalue weighted by Gasteiger charge is 2.32. The van der Waals surface area contributed by atoms with Gasteiger partial charge >= 0.3 is 29.9 Å². The Morgan fingerprint density at radius 3 is 1.75 bits per heavy atom. The van der Waals surface area contributed by atoms with Gasteiger partial charge in [0.2, 0.25) is 23.6 Å². The van der Waals surface area contributed by atoms with Gasteiger partial charge < -0.3 is 58.1 Å². The van der Waals surface area contributed by atoms with Crippen LogP contribution in [-0.4, -0.2) is 141 Å². The van der Waals surface area contributed by atoms with E-state index in [1.54, 1.807) is 66.9 Å². The van der Waals surface area contributed by atoms with Crippen molar-refractivity contribution in [3.8, 4) is 0 Å². The van der Waals surface area contributed by atoms with Crippen molar-refractivity contribution in [3.63, 3.8) is 0 Å². The van der Waals surface area contributed by atoms with E-state index in [4.69, 9.17) is 10.8 Å². The third kappa shape index (κ3) is 23.8. The summed E-state index contributed by atoms with van der Waals surface area (Å²) in [6.07, 6.45) is -1.03. The Morgan fingerprint density at radius 2 is 1.18 bits per heavy atom. The fourth-order valence-corrected chi connectivity index (χ4v) is 7.85. The maximum atomic E-state index is 14.1. The van der Waals surface area contributed by atoms with Crippen LogP contribution in [0.3, 0.4) is 0 Å². The van der Waals surface area contributed by atoms with Gasteiger partial charge in [0, 0.05) is 63.4 Å². The molecule has 6 amide bonds. The zero-order valence-electron chi connectivity index (χ0n) is 37.3. The van der Waals surface area contributed by atoms with Crippen LogP contribution in [0.5, 0.6) is 0 Å². The number of carbonyl (C=O) groups excluding carboxylic acids is 7. The maximum Gasteiger partial charge on any atom is 0.326 e. The molecule has 0 heterocycles. The van der Waals surface area contributed by atoms with E-state index in [-0.39, 0.29) is 63.8 Å². The lowest BCUT2D eigenvalue weighted by Gasteiger charge is -2.23. The molecule has 24 heteroatoms. The van der Waals surface area contributed by atoms with Crippen LogP contribution in [0.15, 0.2) is 60.7 Å². The average Bonchev–Trinajstić information content (AvgIpc) is 3.29. The molecule has 68 heavy (non-hydrogen) atoms. The predicted molar refractivity (Wildman–Crippen MR) is 249 cm³/mol. The highest BCUT2D eigenvalue weighted by molar-refractivity contribution is 8.76. The monoisotopic (exact) mass is 989 g/mol. The molecule has 0 saturated heterocycles. The van der Waals surface area contributed by atoms with Crippen molar-refractivity contribution in [1.29, 1.82) is 0 Å². The molecule has 372 valence electrons. The third-order valence-electron chi connectivity index (χ3n) is 10.0. The van der Waals surface area contributed by atoms with Gasteiger partial charge in [0.25, 0.3) is 0 Å². The van der Waals surface area contributed by atoms with E-state index in [1.807, 2.05) is 0 Å². The largest absolute Gasteiger partial charge is 0.481 e. The number of carboxylic acids is 4. The molecular formula is C44H59N7O15S2. The number of Topliss-reactive ketones (excluding diaryl/α,β-unsaturated/α-hetero) is 2. The summed E-state index contributed by atoms with van der Waals surface area (Å²) in [6.45, 7) is -0.725. The first-order valence-electron chi connectivity index (χ1n) is 21.4. The number of rotatable bonds is 34.